The highest BCUT2D eigenvalue weighted by Gasteiger charge is 2.11. The van der Waals surface area contributed by atoms with Crippen LogP contribution in [0.3, 0.4) is 0 Å². The molecule has 0 radical (unpaired) electrons. The first-order valence-electron chi connectivity index (χ1n) is 5.65. The van der Waals surface area contributed by atoms with E-state index in [1.807, 2.05) is 6.07 Å². The van der Waals surface area contributed by atoms with Crippen LogP contribution < -0.4 is 5.73 Å². The number of rotatable bonds is 3. The predicted octanol–water partition coefficient (Wildman–Crippen LogP) is 2.15. The molecule has 0 aliphatic carbocycles. The molecule has 1 aliphatic heterocycles. The van der Waals surface area contributed by atoms with Crippen LogP contribution in [0.5, 0.6) is 0 Å². The van der Waals surface area contributed by atoms with Crippen LogP contribution in [-0.4, -0.2) is 18.5 Å². The van der Waals surface area contributed by atoms with Gasteiger partial charge in [-0.1, -0.05) is 42.5 Å². The van der Waals surface area contributed by atoms with Crippen molar-refractivity contribution in [3.05, 3.63) is 59.9 Å². The number of nitrogens with two attached hydrogens (primary N) is 1. The van der Waals surface area contributed by atoms with E-state index >= 15 is 0 Å². The molecule has 0 bridgehead atoms. The Morgan fingerprint density at radius 1 is 1.25 bits per heavy atom. The standard InChI is InChI=1S/C14H18N2/c1-16-8-7-13(11-15)10-14(16)9-12-5-3-2-4-6-12/h2-8,10,13H,9,11,15H2,1H3/t13-/m1/s1. The Kier molecular flexibility index (Phi) is 3.42. The average Bonchev–Trinajstić information content (AvgIpc) is 2.33. The maximum absolute atomic E-state index is 5.69. The van der Waals surface area contributed by atoms with E-state index in [9.17, 15) is 0 Å². The lowest BCUT2D eigenvalue weighted by atomic mass is 10.0. The zero-order chi connectivity index (χ0) is 11.4. The summed E-state index contributed by atoms with van der Waals surface area (Å²) in [4.78, 5) is 2.17. The van der Waals surface area contributed by atoms with Gasteiger partial charge >= 0.3 is 0 Å². The van der Waals surface area contributed by atoms with E-state index in [-0.39, 0.29) is 0 Å². The molecule has 1 aromatic rings. The molecule has 2 nitrogen and oxygen atoms in total. The molecule has 0 fully saturated rings. The quantitative estimate of drug-likeness (QED) is 0.835. The van der Waals surface area contributed by atoms with Gasteiger partial charge < -0.3 is 10.6 Å². The molecule has 0 unspecified atom stereocenters. The molecule has 2 rings (SSSR count). The Labute approximate surface area is 97.1 Å². The first kappa shape index (κ1) is 11.0. The molecule has 2 heteroatoms. The molecule has 0 spiro atoms. The summed E-state index contributed by atoms with van der Waals surface area (Å²) in [5.41, 5.74) is 8.35. The Balaban J connectivity index is 2.12. The fourth-order valence-electron chi connectivity index (χ4n) is 1.89. The molecule has 1 aliphatic rings. The van der Waals surface area contributed by atoms with Crippen LogP contribution in [0, 0.1) is 5.92 Å². The zero-order valence-electron chi connectivity index (χ0n) is 9.63. The molecule has 1 heterocycles. The third-order valence-electron chi connectivity index (χ3n) is 2.92. The van der Waals surface area contributed by atoms with E-state index in [0.29, 0.717) is 12.5 Å². The van der Waals surface area contributed by atoms with E-state index in [1.165, 1.54) is 11.3 Å². The van der Waals surface area contributed by atoms with Gasteiger partial charge in [-0.2, -0.15) is 0 Å². The maximum atomic E-state index is 5.69. The van der Waals surface area contributed by atoms with Gasteiger partial charge in [0.2, 0.25) is 0 Å². The van der Waals surface area contributed by atoms with E-state index in [1.54, 1.807) is 0 Å². The summed E-state index contributed by atoms with van der Waals surface area (Å²) in [6.07, 6.45) is 7.48. The van der Waals surface area contributed by atoms with Crippen LogP contribution in [0.2, 0.25) is 0 Å². The minimum Gasteiger partial charge on any atom is -0.355 e. The molecule has 1 aromatic carbocycles. The summed E-state index contributed by atoms with van der Waals surface area (Å²) in [7, 11) is 2.08. The van der Waals surface area contributed by atoms with Crippen LogP contribution >= 0.6 is 0 Å². The van der Waals surface area contributed by atoms with Crippen LogP contribution in [-0.2, 0) is 6.42 Å². The van der Waals surface area contributed by atoms with Crippen molar-refractivity contribution >= 4 is 0 Å². The van der Waals surface area contributed by atoms with Crippen molar-refractivity contribution in [2.75, 3.05) is 13.6 Å². The van der Waals surface area contributed by atoms with Gasteiger partial charge in [0.15, 0.2) is 0 Å². The van der Waals surface area contributed by atoms with Gasteiger partial charge in [0.25, 0.3) is 0 Å². The molecule has 2 N–H and O–H groups in total. The molecule has 0 aromatic heterocycles. The van der Waals surface area contributed by atoms with Gasteiger partial charge in [-0.25, -0.2) is 0 Å². The third-order valence-corrected chi connectivity index (χ3v) is 2.92. The second-order valence-electron chi connectivity index (χ2n) is 4.17. The average molecular weight is 214 g/mol. The van der Waals surface area contributed by atoms with Crippen LogP contribution in [0.15, 0.2) is 54.4 Å². The molecular formula is C14H18N2. The SMILES string of the molecule is CN1C=C[C@@H](CN)C=C1Cc1ccccc1. The highest BCUT2D eigenvalue weighted by Crippen LogP contribution is 2.18. The highest BCUT2D eigenvalue weighted by molar-refractivity contribution is 5.25. The first-order valence-corrected chi connectivity index (χ1v) is 5.65. The molecule has 0 saturated heterocycles. The Bertz CT molecular complexity index is 392. The summed E-state index contributed by atoms with van der Waals surface area (Å²) >= 11 is 0. The number of nitrogens with zero attached hydrogens (tertiary/aromatic N) is 1. The Morgan fingerprint density at radius 3 is 2.69 bits per heavy atom. The molecule has 1 atom stereocenters. The lowest BCUT2D eigenvalue weighted by molar-refractivity contribution is 0.520. The third kappa shape index (κ3) is 2.52. The second kappa shape index (κ2) is 4.99. The van der Waals surface area contributed by atoms with Crippen molar-refractivity contribution in [2.45, 2.75) is 6.42 Å². The normalized spacial score (nSPS) is 19.8. The topological polar surface area (TPSA) is 29.3 Å². The smallest absolute Gasteiger partial charge is 0.0181 e. The molecule has 84 valence electrons. The Hall–Kier alpha value is -1.54. The van der Waals surface area contributed by atoms with E-state index in [2.05, 4.69) is 54.6 Å². The Morgan fingerprint density at radius 2 is 2.00 bits per heavy atom. The van der Waals surface area contributed by atoms with Gasteiger partial charge in [0.05, 0.1) is 0 Å². The van der Waals surface area contributed by atoms with E-state index in [4.69, 9.17) is 5.73 Å². The van der Waals surface area contributed by atoms with Gasteiger partial charge in [0, 0.05) is 37.8 Å². The summed E-state index contributed by atoms with van der Waals surface area (Å²) in [5.74, 6) is 0.384. The van der Waals surface area contributed by atoms with E-state index < -0.39 is 0 Å². The lowest BCUT2D eigenvalue weighted by Crippen LogP contribution is -2.21. The number of benzene rings is 1. The highest BCUT2D eigenvalue weighted by atomic mass is 15.1. The minimum absolute atomic E-state index is 0.384. The largest absolute Gasteiger partial charge is 0.355 e. The lowest BCUT2D eigenvalue weighted by Gasteiger charge is -2.25. The summed E-state index contributed by atoms with van der Waals surface area (Å²) < 4.78 is 0. The minimum atomic E-state index is 0.384. The van der Waals surface area contributed by atoms with Crippen molar-refractivity contribution in [3.8, 4) is 0 Å². The molecule has 16 heavy (non-hydrogen) atoms. The summed E-state index contributed by atoms with van der Waals surface area (Å²) in [6.45, 7) is 0.683. The van der Waals surface area contributed by atoms with Gasteiger partial charge in [-0.15, -0.1) is 0 Å². The van der Waals surface area contributed by atoms with Gasteiger partial charge in [0.1, 0.15) is 0 Å². The zero-order valence-corrected chi connectivity index (χ0v) is 9.63. The monoisotopic (exact) mass is 214 g/mol. The number of hydrogen-bond acceptors (Lipinski definition) is 2. The molecule has 0 amide bonds. The van der Waals surface area contributed by atoms with Crippen molar-refractivity contribution < 1.29 is 0 Å². The first-order chi connectivity index (χ1) is 7.79. The summed E-state index contributed by atoms with van der Waals surface area (Å²) in [6, 6.07) is 10.5. The van der Waals surface area contributed by atoms with Gasteiger partial charge in [-0.3, -0.25) is 0 Å². The van der Waals surface area contributed by atoms with Crippen molar-refractivity contribution in [2.24, 2.45) is 11.7 Å². The number of likely N-dealkylation sites (N-methyl/N-ethyl adjacent to an activating group) is 1. The van der Waals surface area contributed by atoms with Crippen molar-refractivity contribution in [1.29, 1.82) is 0 Å². The summed E-state index contributed by atoms with van der Waals surface area (Å²) in [5, 5.41) is 0. The maximum Gasteiger partial charge on any atom is 0.0181 e. The van der Waals surface area contributed by atoms with E-state index in [0.717, 1.165) is 6.42 Å². The van der Waals surface area contributed by atoms with Crippen molar-refractivity contribution in [3.63, 3.8) is 0 Å². The fraction of sp³-hybridized carbons (Fsp3) is 0.286. The second-order valence-corrected chi connectivity index (χ2v) is 4.17. The van der Waals surface area contributed by atoms with Gasteiger partial charge in [-0.05, 0) is 5.56 Å². The molecule has 0 saturated carbocycles. The number of hydrogen-bond donors (Lipinski definition) is 1. The van der Waals surface area contributed by atoms with Crippen molar-refractivity contribution in [1.82, 2.24) is 4.90 Å². The number of allylic oxidation sites excluding steroid dienone is 1. The predicted molar refractivity (Wildman–Crippen MR) is 67.7 cm³/mol. The van der Waals surface area contributed by atoms with Crippen LogP contribution in [0.4, 0.5) is 0 Å². The fourth-order valence-corrected chi connectivity index (χ4v) is 1.89. The molecular weight excluding hydrogens is 196 g/mol. The van der Waals surface area contributed by atoms with Crippen LogP contribution in [0.1, 0.15) is 5.56 Å². The van der Waals surface area contributed by atoms with Crippen LogP contribution in [0.25, 0.3) is 0 Å².